The molecule has 0 unspecified atom stereocenters. The van der Waals surface area contributed by atoms with E-state index in [1.165, 1.54) is 10.9 Å². The number of para-hydroxylation sites is 1. The van der Waals surface area contributed by atoms with E-state index >= 15 is 0 Å². The maximum Gasteiger partial charge on any atom is 0.192 e. The van der Waals surface area contributed by atoms with Crippen LogP contribution in [0.2, 0.25) is 0 Å². The second kappa shape index (κ2) is 4.74. The van der Waals surface area contributed by atoms with Crippen molar-refractivity contribution < 1.29 is 0 Å². The number of fused-ring (bicyclic) bond motifs is 1. The van der Waals surface area contributed by atoms with Gasteiger partial charge in [-0.1, -0.05) is 12.1 Å². The fourth-order valence-corrected chi connectivity index (χ4v) is 2.64. The van der Waals surface area contributed by atoms with Crippen molar-refractivity contribution in [2.45, 2.75) is 17.0 Å². The molecule has 18 heavy (non-hydrogen) atoms. The summed E-state index contributed by atoms with van der Waals surface area (Å²) in [6, 6.07) is 10.0. The Bertz CT molecular complexity index is 683. The second-order valence-corrected chi connectivity index (χ2v) is 4.92. The molecule has 4 heteroatoms. The van der Waals surface area contributed by atoms with Gasteiger partial charge in [-0.3, -0.25) is 4.98 Å². The van der Waals surface area contributed by atoms with Gasteiger partial charge in [0.2, 0.25) is 0 Å². The first kappa shape index (κ1) is 11.2. The first-order valence-electron chi connectivity index (χ1n) is 5.64. The number of rotatable bonds is 2. The predicted octanol–water partition coefficient (Wildman–Crippen LogP) is 3.48. The van der Waals surface area contributed by atoms with Crippen molar-refractivity contribution >= 4 is 22.7 Å². The fourth-order valence-electron chi connectivity index (χ4n) is 1.81. The van der Waals surface area contributed by atoms with Gasteiger partial charge in [-0.2, -0.15) is 0 Å². The first-order chi connectivity index (χ1) is 8.84. The molecule has 3 nitrogen and oxygen atoms in total. The molecule has 0 spiro atoms. The summed E-state index contributed by atoms with van der Waals surface area (Å²) in [5, 5.41) is 1.92. The van der Waals surface area contributed by atoms with Crippen LogP contribution in [-0.4, -0.2) is 15.0 Å². The number of hydrogen-bond donors (Lipinski definition) is 0. The van der Waals surface area contributed by atoms with E-state index in [0.717, 1.165) is 15.6 Å². The molecule has 0 atom stereocenters. The maximum absolute atomic E-state index is 4.46. The molecule has 0 radical (unpaired) electrons. The van der Waals surface area contributed by atoms with Crippen LogP contribution in [0.1, 0.15) is 5.56 Å². The molecule has 0 aliphatic carbocycles. The van der Waals surface area contributed by atoms with Crippen LogP contribution in [0, 0.1) is 6.92 Å². The second-order valence-electron chi connectivity index (χ2n) is 3.91. The Morgan fingerprint density at radius 1 is 0.889 bits per heavy atom. The van der Waals surface area contributed by atoms with E-state index in [4.69, 9.17) is 0 Å². The van der Waals surface area contributed by atoms with Crippen LogP contribution in [0.3, 0.4) is 0 Å². The summed E-state index contributed by atoms with van der Waals surface area (Å²) in [6.07, 6.45) is 5.34. The van der Waals surface area contributed by atoms with E-state index in [1.807, 2.05) is 24.4 Å². The summed E-state index contributed by atoms with van der Waals surface area (Å²) in [7, 11) is 0. The van der Waals surface area contributed by atoms with Crippen molar-refractivity contribution in [3.8, 4) is 0 Å². The molecular weight excluding hydrogens is 242 g/mol. The molecule has 1 aromatic carbocycles. The topological polar surface area (TPSA) is 38.7 Å². The van der Waals surface area contributed by atoms with Gasteiger partial charge in [0, 0.05) is 28.9 Å². The van der Waals surface area contributed by atoms with Gasteiger partial charge < -0.3 is 0 Å². The molecule has 0 bridgehead atoms. The van der Waals surface area contributed by atoms with Crippen LogP contribution in [-0.2, 0) is 0 Å². The van der Waals surface area contributed by atoms with Gasteiger partial charge in [0.05, 0.1) is 5.52 Å². The van der Waals surface area contributed by atoms with Gasteiger partial charge in [-0.05, 0) is 42.4 Å². The normalized spacial score (nSPS) is 10.7. The number of pyridine rings is 1. The van der Waals surface area contributed by atoms with E-state index in [0.29, 0.717) is 0 Å². The summed E-state index contributed by atoms with van der Waals surface area (Å²) in [4.78, 5) is 14.0. The van der Waals surface area contributed by atoms with E-state index in [9.17, 15) is 0 Å². The van der Waals surface area contributed by atoms with Crippen LogP contribution in [0.4, 0.5) is 0 Å². The van der Waals surface area contributed by atoms with Gasteiger partial charge >= 0.3 is 0 Å². The Hall–Kier alpha value is -1.94. The van der Waals surface area contributed by atoms with Crippen molar-refractivity contribution in [1.82, 2.24) is 15.0 Å². The largest absolute Gasteiger partial charge is 0.255 e. The fraction of sp³-hybridized carbons (Fsp3) is 0.0714. The van der Waals surface area contributed by atoms with Gasteiger partial charge in [0.1, 0.15) is 0 Å². The van der Waals surface area contributed by atoms with Gasteiger partial charge in [-0.25, -0.2) is 9.97 Å². The highest BCUT2D eigenvalue weighted by atomic mass is 32.2. The molecule has 0 saturated heterocycles. The lowest BCUT2D eigenvalue weighted by molar-refractivity contribution is 0.967. The van der Waals surface area contributed by atoms with E-state index in [-0.39, 0.29) is 0 Å². The first-order valence-corrected chi connectivity index (χ1v) is 6.45. The Morgan fingerprint density at radius 3 is 2.56 bits per heavy atom. The molecule has 88 valence electrons. The van der Waals surface area contributed by atoms with E-state index < -0.39 is 0 Å². The Labute approximate surface area is 109 Å². The highest BCUT2D eigenvalue weighted by Crippen LogP contribution is 2.30. The smallest absolute Gasteiger partial charge is 0.192 e. The molecule has 2 heterocycles. The number of hydrogen-bond acceptors (Lipinski definition) is 4. The van der Waals surface area contributed by atoms with Gasteiger partial charge in [0.25, 0.3) is 0 Å². The third-order valence-electron chi connectivity index (χ3n) is 2.70. The summed E-state index contributed by atoms with van der Waals surface area (Å²) >= 11 is 1.54. The lowest BCUT2D eigenvalue weighted by Crippen LogP contribution is -1.87. The minimum atomic E-state index is 0.744. The summed E-state index contributed by atoms with van der Waals surface area (Å²) < 4.78 is 0. The SMILES string of the molecule is Cc1ccnc2c(Sc3ncccn3)cccc12. The third-order valence-corrected chi connectivity index (χ3v) is 3.64. The zero-order valence-electron chi connectivity index (χ0n) is 9.87. The number of aromatic nitrogens is 3. The molecule has 3 aromatic rings. The standard InChI is InChI=1S/C14H11N3S/c1-10-6-9-15-13-11(10)4-2-5-12(13)18-14-16-7-3-8-17-14/h2-9H,1H3. The van der Waals surface area contributed by atoms with Crippen molar-refractivity contribution in [1.29, 1.82) is 0 Å². The molecule has 0 fully saturated rings. The van der Waals surface area contributed by atoms with Gasteiger partial charge in [0.15, 0.2) is 5.16 Å². The summed E-state index contributed by atoms with van der Waals surface area (Å²) in [5.74, 6) is 0. The summed E-state index contributed by atoms with van der Waals surface area (Å²) in [5.41, 5.74) is 2.24. The lowest BCUT2D eigenvalue weighted by atomic mass is 10.1. The van der Waals surface area contributed by atoms with Crippen molar-refractivity contribution in [2.75, 3.05) is 0 Å². The average molecular weight is 253 g/mol. The Balaban J connectivity index is 2.10. The predicted molar refractivity (Wildman–Crippen MR) is 72.6 cm³/mol. The van der Waals surface area contributed by atoms with Crippen LogP contribution in [0.15, 0.2) is 59.0 Å². The molecular formula is C14H11N3S. The zero-order chi connectivity index (χ0) is 12.4. The molecule has 2 aromatic heterocycles. The van der Waals surface area contributed by atoms with E-state index in [1.54, 1.807) is 24.2 Å². The average Bonchev–Trinajstić information content (AvgIpc) is 2.41. The summed E-state index contributed by atoms with van der Waals surface area (Å²) in [6.45, 7) is 2.09. The molecule has 3 rings (SSSR count). The number of benzene rings is 1. The quantitative estimate of drug-likeness (QED) is 0.655. The zero-order valence-corrected chi connectivity index (χ0v) is 10.7. The third kappa shape index (κ3) is 2.07. The lowest BCUT2D eigenvalue weighted by Gasteiger charge is -2.05. The molecule has 0 aliphatic heterocycles. The molecule has 0 aliphatic rings. The van der Waals surface area contributed by atoms with Crippen LogP contribution in [0.5, 0.6) is 0 Å². The van der Waals surface area contributed by atoms with Gasteiger partial charge in [-0.15, -0.1) is 0 Å². The Kier molecular flexibility index (Phi) is 2.94. The van der Waals surface area contributed by atoms with Crippen molar-refractivity contribution in [3.63, 3.8) is 0 Å². The van der Waals surface area contributed by atoms with Crippen LogP contribution >= 0.6 is 11.8 Å². The van der Waals surface area contributed by atoms with Crippen molar-refractivity contribution in [3.05, 3.63) is 54.5 Å². The highest BCUT2D eigenvalue weighted by Gasteiger charge is 2.06. The monoisotopic (exact) mass is 253 g/mol. The number of nitrogens with zero attached hydrogens (tertiary/aromatic N) is 3. The minimum Gasteiger partial charge on any atom is -0.255 e. The van der Waals surface area contributed by atoms with E-state index in [2.05, 4.69) is 34.0 Å². The minimum absolute atomic E-state index is 0.744. The molecule has 0 saturated carbocycles. The number of aryl methyl sites for hydroxylation is 1. The van der Waals surface area contributed by atoms with Crippen LogP contribution in [0.25, 0.3) is 10.9 Å². The Morgan fingerprint density at radius 2 is 1.72 bits per heavy atom. The van der Waals surface area contributed by atoms with Crippen molar-refractivity contribution in [2.24, 2.45) is 0 Å². The highest BCUT2D eigenvalue weighted by molar-refractivity contribution is 7.99. The maximum atomic E-state index is 4.46. The van der Waals surface area contributed by atoms with Crippen LogP contribution < -0.4 is 0 Å². The molecule has 0 N–H and O–H groups in total. The molecule has 0 amide bonds.